The number of hydrogen-bond donors (Lipinski definition) is 0. The maximum atomic E-state index is 11.8. The van der Waals surface area contributed by atoms with E-state index < -0.39 is 0 Å². The number of azo groups is 1. The zero-order valence-corrected chi connectivity index (χ0v) is 21.4. The molecule has 0 aliphatic carbocycles. The van der Waals surface area contributed by atoms with E-state index in [-0.39, 0.29) is 11.9 Å². The molecule has 0 saturated carbocycles. The maximum absolute atomic E-state index is 11.8. The second kappa shape index (κ2) is 10.9. The number of aromatic nitrogens is 1. The molecule has 0 aliphatic rings. The van der Waals surface area contributed by atoms with Crippen molar-refractivity contribution >= 4 is 54.5 Å². The van der Waals surface area contributed by atoms with Crippen LogP contribution in [0.2, 0.25) is 0 Å². The van der Waals surface area contributed by atoms with Crippen molar-refractivity contribution in [1.82, 2.24) is 4.98 Å². The number of esters is 1. The van der Waals surface area contributed by atoms with Gasteiger partial charge in [0.1, 0.15) is 14.8 Å². The molecule has 4 aromatic rings. The van der Waals surface area contributed by atoms with Crippen LogP contribution in [-0.2, 0) is 16.0 Å². The van der Waals surface area contributed by atoms with Gasteiger partial charge >= 0.3 is 5.97 Å². The van der Waals surface area contributed by atoms with Gasteiger partial charge in [0.2, 0.25) is 0 Å². The van der Waals surface area contributed by atoms with Gasteiger partial charge in [-0.15, -0.1) is 21.6 Å². The van der Waals surface area contributed by atoms with Crippen LogP contribution < -0.4 is 4.90 Å². The van der Waals surface area contributed by atoms with Crippen molar-refractivity contribution in [2.75, 3.05) is 25.6 Å². The smallest absolute Gasteiger partial charge is 0.308 e. The van der Waals surface area contributed by atoms with Crippen molar-refractivity contribution < 1.29 is 9.53 Å². The minimum Gasteiger partial charge on any atom is -0.465 e. The molecule has 0 saturated heterocycles. The van der Waals surface area contributed by atoms with Gasteiger partial charge in [-0.25, -0.2) is 4.98 Å². The van der Waals surface area contributed by atoms with Crippen LogP contribution in [0, 0.1) is 5.92 Å². The van der Waals surface area contributed by atoms with Crippen LogP contribution in [0.3, 0.4) is 0 Å². The first-order chi connectivity index (χ1) is 16.4. The summed E-state index contributed by atoms with van der Waals surface area (Å²) in [5, 5.41) is 10.6. The van der Waals surface area contributed by atoms with E-state index in [1.54, 1.807) is 22.7 Å². The Morgan fingerprint density at radius 2 is 1.79 bits per heavy atom. The second-order valence-corrected chi connectivity index (χ2v) is 10.3. The zero-order chi connectivity index (χ0) is 24.1. The number of hydrogen-bond acceptors (Lipinski definition) is 8. The van der Waals surface area contributed by atoms with Crippen LogP contribution in [0.5, 0.6) is 0 Å². The number of rotatable bonds is 9. The van der Waals surface area contributed by atoms with Gasteiger partial charge in [0.25, 0.3) is 0 Å². The summed E-state index contributed by atoms with van der Waals surface area (Å²) in [6, 6.07) is 18.3. The van der Waals surface area contributed by atoms with Crippen LogP contribution in [0.25, 0.3) is 20.1 Å². The van der Waals surface area contributed by atoms with Crippen LogP contribution in [-0.4, -0.2) is 31.7 Å². The summed E-state index contributed by atoms with van der Waals surface area (Å²) in [5.74, 6) is -0.181. The summed E-state index contributed by atoms with van der Waals surface area (Å²) in [4.78, 5) is 19.6. The molecule has 0 fully saturated rings. The SMILES string of the molecule is CCC(C)C(=O)OCCc1ccc(N=Nc2cc3sc(-c4ccc(N(C)C)cc4)nc3s2)cc1. The zero-order valence-electron chi connectivity index (χ0n) is 19.8. The first kappa shape index (κ1) is 24.0. The molecule has 0 amide bonds. The molecule has 34 heavy (non-hydrogen) atoms. The fourth-order valence-corrected chi connectivity index (χ4v) is 5.25. The molecule has 8 heteroatoms. The summed E-state index contributed by atoms with van der Waals surface area (Å²) < 4.78 is 6.44. The quantitative estimate of drug-likeness (QED) is 0.178. The lowest BCUT2D eigenvalue weighted by atomic mass is 10.1. The molecule has 0 N–H and O–H groups in total. The highest BCUT2D eigenvalue weighted by molar-refractivity contribution is 7.30. The maximum Gasteiger partial charge on any atom is 0.308 e. The van der Waals surface area contributed by atoms with Gasteiger partial charge in [0.05, 0.1) is 22.9 Å². The van der Waals surface area contributed by atoms with Crippen molar-refractivity contribution in [2.45, 2.75) is 26.7 Å². The van der Waals surface area contributed by atoms with E-state index in [2.05, 4.69) is 39.4 Å². The Morgan fingerprint density at radius 1 is 1.06 bits per heavy atom. The molecule has 6 nitrogen and oxygen atoms in total. The van der Waals surface area contributed by atoms with Gasteiger partial charge in [0, 0.05) is 31.8 Å². The molecular formula is C26H28N4O2S2. The molecular weight excluding hydrogens is 464 g/mol. The Kier molecular flexibility index (Phi) is 7.70. The molecule has 1 unspecified atom stereocenters. The normalized spacial score (nSPS) is 12.4. The van der Waals surface area contributed by atoms with Gasteiger partial charge < -0.3 is 9.64 Å². The topological polar surface area (TPSA) is 67.2 Å². The summed E-state index contributed by atoms with van der Waals surface area (Å²) in [6.07, 6.45) is 1.48. The van der Waals surface area contributed by atoms with E-state index in [1.165, 1.54) is 5.69 Å². The highest BCUT2D eigenvalue weighted by atomic mass is 32.1. The van der Waals surface area contributed by atoms with E-state index >= 15 is 0 Å². The van der Waals surface area contributed by atoms with Gasteiger partial charge in [0.15, 0.2) is 0 Å². The van der Waals surface area contributed by atoms with Crippen molar-refractivity contribution in [1.29, 1.82) is 0 Å². The van der Waals surface area contributed by atoms with Gasteiger partial charge in [-0.2, -0.15) is 0 Å². The van der Waals surface area contributed by atoms with E-state index in [4.69, 9.17) is 9.72 Å². The van der Waals surface area contributed by atoms with E-state index in [1.807, 2.05) is 58.3 Å². The van der Waals surface area contributed by atoms with Crippen LogP contribution in [0.15, 0.2) is 64.8 Å². The van der Waals surface area contributed by atoms with Crippen LogP contribution in [0.1, 0.15) is 25.8 Å². The Morgan fingerprint density at radius 3 is 2.44 bits per heavy atom. The number of fused-ring (bicyclic) bond motifs is 1. The van der Waals surface area contributed by atoms with Crippen LogP contribution >= 0.6 is 22.7 Å². The Labute approximate surface area is 207 Å². The predicted octanol–water partition coefficient (Wildman–Crippen LogP) is 7.64. The minimum atomic E-state index is -0.132. The standard InChI is InChI=1S/C26H28N4O2S2/c1-5-17(2)26(31)32-15-14-18-6-10-20(11-7-18)28-29-23-16-22-25(34-23)27-24(33-22)19-8-12-21(13-9-19)30(3)4/h6-13,16-17H,5,14-15H2,1-4H3. The Bertz CT molecular complexity index is 1240. The third kappa shape index (κ3) is 5.87. The molecule has 0 aliphatic heterocycles. The van der Waals surface area contributed by atoms with E-state index in [9.17, 15) is 4.79 Å². The number of thiazole rings is 1. The van der Waals surface area contributed by atoms with Crippen LogP contribution in [0.4, 0.5) is 16.4 Å². The lowest BCUT2D eigenvalue weighted by Crippen LogP contribution is -2.15. The van der Waals surface area contributed by atoms with Crippen molar-refractivity contribution in [3.05, 3.63) is 60.2 Å². The van der Waals surface area contributed by atoms with Gasteiger partial charge in [-0.1, -0.05) is 37.3 Å². The molecule has 4 rings (SSSR count). The van der Waals surface area contributed by atoms with Gasteiger partial charge in [-0.3, -0.25) is 4.79 Å². The average molecular weight is 493 g/mol. The first-order valence-electron chi connectivity index (χ1n) is 11.3. The van der Waals surface area contributed by atoms with Crippen molar-refractivity contribution in [3.63, 3.8) is 0 Å². The second-order valence-electron chi connectivity index (χ2n) is 8.31. The molecule has 1 atom stereocenters. The molecule has 2 aromatic heterocycles. The first-order valence-corrected chi connectivity index (χ1v) is 12.9. The monoisotopic (exact) mass is 492 g/mol. The number of benzene rings is 2. The number of carbonyl (C=O) groups is 1. The largest absolute Gasteiger partial charge is 0.465 e. The highest BCUT2D eigenvalue weighted by Gasteiger charge is 2.12. The summed E-state index contributed by atoms with van der Waals surface area (Å²) >= 11 is 3.21. The number of nitrogens with zero attached hydrogens (tertiary/aromatic N) is 4. The van der Waals surface area contributed by atoms with E-state index in [0.29, 0.717) is 13.0 Å². The summed E-state index contributed by atoms with van der Waals surface area (Å²) in [7, 11) is 4.07. The Hall–Kier alpha value is -3.10. The number of anilines is 1. The molecule has 0 spiro atoms. The summed E-state index contributed by atoms with van der Waals surface area (Å²) in [6.45, 7) is 4.26. The Balaban J connectivity index is 1.35. The molecule has 0 bridgehead atoms. The molecule has 176 valence electrons. The fraction of sp³-hybridized carbons (Fsp3) is 0.308. The highest BCUT2D eigenvalue weighted by Crippen LogP contribution is 2.39. The van der Waals surface area contributed by atoms with Crippen molar-refractivity contribution in [2.24, 2.45) is 16.1 Å². The molecule has 2 heterocycles. The molecule has 2 aromatic carbocycles. The minimum absolute atomic E-state index is 0.0493. The predicted molar refractivity (Wildman–Crippen MR) is 142 cm³/mol. The third-order valence-electron chi connectivity index (χ3n) is 5.56. The number of thiophene rings is 1. The average Bonchev–Trinajstić information content (AvgIpc) is 3.42. The lowest BCUT2D eigenvalue weighted by Gasteiger charge is -2.11. The van der Waals surface area contributed by atoms with E-state index in [0.717, 1.165) is 42.8 Å². The molecule has 0 radical (unpaired) electrons. The number of carbonyl (C=O) groups excluding carboxylic acids is 1. The third-order valence-corrected chi connectivity index (χ3v) is 7.65. The van der Waals surface area contributed by atoms with Gasteiger partial charge in [-0.05, 0) is 54.4 Å². The van der Waals surface area contributed by atoms with Crippen molar-refractivity contribution in [3.8, 4) is 10.6 Å². The number of ether oxygens (including phenoxy) is 1. The summed E-state index contributed by atoms with van der Waals surface area (Å²) in [5.41, 5.74) is 4.18. The fourth-order valence-electron chi connectivity index (χ4n) is 3.21. The lowest BCUT2D eigenvalue weighted by molar-refractivity contribution is -0.147.